The standard InChI is InChI=1S/C22H28N6O2S/c1-14(12-28-16(3)23-15(2)26-28)22(30)27-7-4-17(5-8-27)10-20-24-19(11-21(29)25-20)18-6-9-31-13-18/h6,9,11,13-14,17H,4-5,7-8,10,12H2,1-3H3,(H,24,25,29). The van der Waals surface area contributed by atoms with Gasteiger partial charge in [-0.25, -0.2) is 14.6 Å². The number of amides is 1. The van der Waals surface area contributed by atoms with E-state index in [4.69, 9.17) is 0 Å². The molecule has 31 heavy (non-hydrogen) atoms. The van der Waals surface area contributed by atoms with Crippen molar-refractivity contribution in [1.82, 2.24) is 29.6 Å². The lowest BCUT2D eigenvalue weighted by Gasteiger charge is -2.33. The highest BCUT2D eigenvalue weighted by Gasteiger charge is 2.27. The molecule has 1 saturated heterocycles. The van der Waals surface area contributed by atoms with E-state index >= 15 is 0 Å². The number of likely N-dealkylation sites (tertiary alicyclic amines) is 1. The Morgan fingerprint density at radius 1 is 1.29 bits per heavy atom. The maximum Gasteiger partial charge on any atom is 0.251 e. The molecule has 3 aromatic heterocycles. The van der Waals surface area contributed by atoms with Crippen LogP contribution >= 0.6 is 11.3 Å². The van der Waals surface area contributed by atoms with Gasteiger partial charge < -0.3 is 9.88 Å². The Labute approximate surface area is 185 Å². The van der Waals surface area contributed by atoms with Crippen molar-refractivity contribution >= 4 is 17.2 Å². The Morgan fingerprint density at radius 3 is 2.71 bits per heavy atom. The number of aromatic amines is 1. The SMILES string of the molecule is Cc1nc(C)n(CC(C)C(=O)N2CCC(Cc3nc(-c4ccsc4)cc(=O)[nH]3)CC2)n1. The molecule has 4 rings (SSSR count). The fourth-order valence-electron chi connectivity index (χ4n) is 4.18. The predicted octanol–water partition coefficient (Wildman–Crippen LogP) is 2.82. The molecule has 0 aliphatic carbocycles. The van der Waals surface area contributed by atoms with Crippen LogP contribution in [-0.2, 0) is 17.8 Å². The maximum atomic E-state index is 12.9. The number of carbonyl (C=O) groups is 1. The topological polar surface area (TPSA) is 96.8 Å². The van der Waals surface area contributed by atoms with E-state index < -0.39 is 0 Å². The van der Waals surface area contributed by atoms with Gasteiger partial charge >= 0.3 is 0 Å². The summed E-state index contributed by atoms with van der Waals surface area (Å²) in [5.74, 6) is 2.72. The summed E-state index contributed by atoms with van der Waals surface area (Å²) in [7, 11) is 0. The third-order valence-electron chi connectivity index (χ3n) is 5.85. The van der Waals surface area contributed by atoms with Crippen LogP contribution in [0.15, 0.2) is 27.7 Å². The zero-order chi connectivity index (χ0) is 22.0. The first kappa shape index (κ1) is 21.4. The minimum Gasteiger partial charge on any atom is -0.342 e. The van der Waals surface area contributed by atoms with E-state index in [0.29, 0.717) is 12.5 Å². The van der Waals surface area contributed by atoms with Crippen molar-refractivity contribution in [2.45, 2.75) is 46.6 Å². The quantitative estimate of drug-likeness (QED) is 0.636. The second kappa shape index (κ2) is 9.13. The van der Waals surface area contributed by atoms with E-state index in [0.717, 1.165) is 61.1 Å². The first-order valence-electron chi connectivity index (χ1n) is 10.7. The molecule has 1 fully saturated rings. The summed E-state index contributed by atoms with van der Waals surface area (Å²) in [5.41, 5.74) is 1.58. The van der Waals surface area contributed by atoms with Crippen LogP contribution in [0.25, 0.3) is 11.3 Å². The van der Waals surface area contributed by atoms with Crippen molar-refractivity contribution < 1.29 is 4.79 Å². The molecule has 0 spiro atoms. The Bertz CT molecular complexity index is 1100. The number of H-pyrrole nitrogens is 1. The zero-order valence-electron chi connectivity index (χ0n) is 18.2. The highest BCUT2D eigenvalue weighted by molar-refractivity contribution is 7.08. The first-order valence-corrected chi connectivity index (χ1v) is 11.6. The molecular formula is C22H28N6O2S. The summed E-state index contributed by atoms with van der Waals surface area (Å²) in [6.07, 6.45) is 2.54. The number of hydrogen-bond acceptors (Lipinski definition) is 6. The highest BCUT2D eigenvalue weighted by Crippen LogP contribution is 2.23. The van der Waals surface area contributed by atoms with Gasteiger partial charge in [-0.3, -0.25) is 9.59 Å². The van der Waals surface area contributed by atoms with E-state index in [1.807, 2.05) is 47.2 Å². The van der Waals surface area contributed by atoms with E-state index in [-0.39, 0.29) is 17.4 Å². The van der Waals surface area contributed by atoms with Crippen LogP contribution in [0.3, 0.4) is 0 Å². The van der Waals surface area contributed by atoms with Crippen molar-refractivity contribution in [3.8, 4) is 11.3 Å². The van der Waals surface area contributed by atoms with Gasteiger partial charge in [0.2, 0.25) is 5.91 Å². The van der Waals surface area contributed by atoms with E-state index in [9.17, 15) is 9.59 Å². The van der Waals surface area contributed by atoms with Crippen LogP contribution in [-0.4, -0.2) is 48.6 Å². The molecular weight excluding hydrogens is 412 g/mol. The number of hydrogen-bond donors (Lipinski definition) is 1. The molecule has 4 heterocycles. The largest absolute Gasteiger partial charge is 0.342 e. The molecule has 1 N–H and O–H groups in total. The number of piperidine rings is 1. The Balaban J connectivity index is 1.33. The number of rotatable bonds is 6. The number of aryl methyl sites for hydroxylation is 2. The van der Waals surface area contributed by atoms with Gasteiger partial charge in [-0.05, 0) is 44.1 Å². The van der Waals surface area contributed by atoms with Gasteiger partial charge in [-0.15, -0.1) is 0 Å². The third kappa shape index (κ3) is 5.10. The van der Waals surface area contributed by atoms with Crippen molar-refractivity contribution in [3.05, 3.63) is 50.7 Å². The van der Waals surface area contributed by atoms with E-state index in [1.54, 1.807) is 17.4 Å². The number of nitrogens with one attached hydrogen (secondary N) is 1. The third-order valence-corrected chi connectivity index (χ3v) is 6.53. The summed E-state index contributed by atoms with van der Waals surface area (Å²) >= 11 is 1.59. The van der Waals surface area contributed by atoms with Crippen LogP contribution in [0.5, 0.6) is 0 Å². The van der Waals surface area contributed by atoms with E-state index in [1.165, 1.54) is 0 Å². The van der Waals surface area contributed by atoms with Crippen LogP contribution in [0.4, 0.5) is 0 Å². The summed E-state index contributed by atoms with van der Waals surface area (Å²) in [6, 6.07) is 3.52. The van der Waals surface area contributed by atoms with Gasteiger partial charge in [0.15, 0.2) is 0 Å². The molecule has 9 heteroatoms. The Morgan fingerprint density at radius 2 is 2.06 bits per heavy atom. The monoisotopic (exact) mass is 440 g/mol. The van der Waals surface area contributed by atoms with Gasteiger partial charge in [0.25, 0.3) is 5.56 Å². The van der Waals surface area contributed by atoms with E-state index in [2.05, 4.69) is 20.1 Å². The average Bonchev–Trinajstić information content (AvgIpc) is 3.37. The zero-order valence-corrected chi connectivity index (χ0v) is 19.0. The van der Waals surface area contributed by atoms with Gasteiger partial charge in [0, 0.05) is 36.5 Å². The van der Waals surface area contributed by atoms with Gasteiger partial charge in [-0.1, -0.05) is 6.92 Å². The number of carbonyl (C=O) groups excluding carboxylic acids is 1. The lowest BCUT2D eigenvalue weighted by Crippen LogP contribution is -2.42. The molecule has 1 amide bonds. The maximum absolute atomic E-state index is 12.9. The fourth-order valence-corrected chi connectivity index (χ4v) is 4.83. The minimum atomic E-state index is -0.142. The molecule has 0 radical (unpaired) electrons. The summed E-state index contributed by atoms with van der Waals surface area (Å²) in [6.45, 7) is 7.74. The second-order valence-corrected chi connectivity index (χ2v) is 9.13. The molecule has 1 unspecified atom stereocenters. The molecule has 0 bridgehead atoms. The predicted molar refractivity (Wildman–Crippen MR) is 120 cm³/mol. The van der Waals surface area contributed by atoms with Crippen molar-refractivity contribution in [3.63, 3.8) is 0 Å². The number of nitrogens with zero attached hydrogens (tertiary/aromatic N) is 5. The average molecular weight is 441 g/mol. The molecule has 1 atom stereocenters. The molecule has 0 saturated carbocycles. The molecule has 0 aromatic carbocycles. The number of thiophene rings is 1. The Hall–Kier alpha value is -2.81. The van der Waals surface area contributed by atoms with Crippen molar-refractivity contribution in [1.29, 1.82) is 0 Å². The van der Waals surface area contributed by atoms with Gasteiger partial charge in [0.05, 0.1) is 18.2 Å². The fraction of sp³-hybridized carbons (Fsp3) is 0.500. The Kier molecular flexibility index (Phi) is 6.31. The lowest BCUT2D eigenvalue weighted by atomic mass is 9.92. The van der Waals surface area contributed by atoms with Gasteiger partial charge in [-0.2, -0.15) is 16.4 Å². The summed E-state index contributed by atoms with van der Waals surface area (Å²) in [4.78, 5) is 38.8. The van der Waals surface area contributed by atoms with Crippen molar-refractivity contribution in [2.75, 3.05) is 13.1 Å². The highest BCUT2D eigenvalue weighted by atomic mass is 32.1. The molecule has 1 aliphatic rings. The normalized spacial score (nSPS) is 15.9. The molecule has 3 aromatic rings. The molecule has 1 aliphatic heterocycles. The molecule has 8 nitrogen and oxygen atoms in total. The first-order chi connectivity index (χ1) is 14.9. The summed E-state index contributed by atoms with van der Waals surface area (Å²) in [5, 5.41) is 8.35. The van der Waals surface area contributed by atoms with Crippen molar-refractivity contribution in [2.24, 2.45) is 11.8 Å². The lowest BCUT2D eigenvalue weighted by molar-refractivity contribution is -0.136. The van der Waals surface area contributed by atoms with Crippen LogP contribution < -0.4 is 5.56 Å². The van der Waals surface area contributed by atoms with Crippen LogP contribution in [0, 0.1) is 25.7 Å². The van der Waals surface area contributed by atoms with Crippen LogP contribution in [0.2, 0.25) is 0 Å². The second-order valence-electron chi connectivity index (χ2n) is 8.35. The summed E-state index contributed by atoms with van der Waals surface area (Å²) < 4.78 is 1.81. The number of aromatic nitrogens is 5. The smallest absolute Gasteiger partial charge is 0.251 e. The minimum absolute atomic E-state index is 0.119. The molecule has 164 valence electrons. The van der Waals surface area contributed by atoms with Crippen LogP contribution in [0.1, 0.15) is 37.2 Å². The van der Waals surface area contributed by atoms with Gasteiger partial charge in [0.1, 0.15) is 17.5 Å².